The zero-order valence-electron chi connectivity index (χ0n) is 11.6. The number of hydrogen-bond acceptors (Lipinski definition) is 5. The predicted molar refractivity (Wildman–Crippen MR) is 79.3 cm³/mol. The highest BCUT2D eigenvalue weighted by molar-refractivity contribution is 5.96. The summed E-state index contributed by atoms with van der Waals surface area (Å²) in [6.07, 6.45) is 1.90. The second kappa shape index (κ2) is 5.64. The number of methoxy groups -OCH3 is 1. The van der Waals surface area contributed by atoms with Gasteiger partial charge in [-0.05, 0) is 12.1 Å². The molecule has 5 nitrogen and oxygen atoms in total. The SMILES string of the molecule is COc1cccc2c(N3CCOC(CN)C3)nccc12. The zero-order valence-corrected chi connectivity index (χ0v) is 11.6. The average molecular weight is 273 g/mol. The quantitative estimate of drug-likeness (QED) is 0.916. The van der Waals surface area contributed by atoms with E-state index in [1.807, 2.05) is 24.4 Å². The van der Waals surface area contributed by atoms with Gasteiger partial charge in [0.25, 0.3) is 0 Å². The third kappa shape index (κ3) is 2.30. The molecule has 1 aliphatic rings. The van der Waals surface area contributed by atoms with Crippen LogP contribution in [0.15, 0.2) is 30.5 Å². The van der Waals surface area contributed by atoms with E-state index in [-0.39, 0.29) is 6.10 Å². The number of nitrogens with zero attached hydrogens (tertiary/aromatic N) is 2. The predicted octanol–water partition coefficient (Wildman–Crippen LogP) is 1.41. The van der Waals surface area contributed by atoms with Crippen molar-refractivity contribution in [1.82, 2.24) is 4.98 Å². The monoisotopic (exact) mass is 273 g/mol. The van der Waals surface area contributed by atoms with E-state index in [0.29, 0.717) is 13.2 Å². The molecule has 2 N–H and O–H groups in total. The van der Waals surface area contributed by atoms with Crippen molar-refractivity contribution >= 4 is 16.6 Å². The van der Waals surface area contributed by atoms with Crippen LogP contribution in [0.1, 0.15) is 0 Å². The Balaban J connectivity index is 2.03. The van der Waals surface area contributed by atoms with Crippen LogP contribution in [0.4, 0.5) is 5.82 Å². The molecular weight excluding hydrogens is 254 g/mol. The van der Waals surface area contributed by atoms with E-state index in [1.165, 1.54) is 0 Å². The third-order valence-corrected chi connectivity index (χ3v) is 3.67. The van der Waals surface area contributed by atoms with Gasteiger partial charge in [-0.2, -0.15) is 0 Å². The number of nitrogens with two attached hydrogens (primary N) is 1. The van der Waals surface area contributed by atoms with E-state index in [9.17, 15) is 0 Å². The molecule has 2 aromatic rings. The molecule has 2 heterocycles. The van der Waals surface area contributed by atoms with Crippen LogP contribution in [0.5, 0.6) is 5.75 Å². The Morgan fingerprint density at radius 2 is 2.30 bits per heavy atom. The molecule has 0 saturated carbocycles. The van der Waals surface area contributed by atoms with Gasteiger partial charge in [-0.25, -0.2) is 4.98 Å². The second-order valence-corrected chi connectivity index (χ2v) is 4.86. The van der Waals surface area contributed by atoms with Crippen molar-refractivity contribution in [2.45, 2.75) is 6.10 Å². The lowest BCUT2D eigenvalue weighted by atomic mass is 10.1. The number of anilines is 1. The van der Waals surface area contributed by atoms with Gasteiger partial charge >= 0.3 is 0 Å². The van der Waals surface area contributed by atoms with Crippen LogP contribution in [0.25, 0.3) is 10.8 Å². The Morgan fingerprint density at radius 3 is 3.10 bits per heavy atom. The molecule has 0 aliphatic carbocycles. The summed E-state index contributed by atoms with van der Waals surface area (Å²) in [5.74, 6) is 1.85. The fraction of sp³-hybridized carbons (Fsp3) is 0.400. The van der Waals surface area contributed by atoms with Gasteiger partial charge in [0.1, 0.15) is 11.6 Å². The first-order chi connectivity index (χ1) is 9.83. The van der Waals surface area contributed by atoms with Crippen molar-refractivity contribution in [3.63, 3.8) is 0 Å². The van der Waals surface area contributed by atoms with Gasteiger partial charge in [-0.3, -0.25) is 0 Å². The molecule has 1 atom stereocenters. The molecule has 0 bridgehead atoms. The second-order valence-electron chi connectivity index (χ2n) is 4.86. The maximum Gasteiger partial charge on any atom is 0.136 e. The molecular formula is C15H19N3O2. The Labute approximate surface area is 118 Å². The molecule has 0 spiro atoms. The highest BCUT2D eigenvalue weighted by atomic mass is 16.5. The number of fused-ring (bicyclic) bond motifs is 1. The van der Waals surface area contributed by atoms with Gasteiger partial charge in [0, 0.05) is 36.6 Å². The normalized spacial score (nSPS) is 19.3. The number of pyridine rings is 1. The number of benzene rings is 1. The third-order valence-electron chi connectivity index (χ3n) is 3.67. The smallest absolute Gasteiger partial charge is 0.136 e. The Hall–Kier alpha value is -1.85. The van der Waals surface area contributed by atoms with E-state index in [0.717, 1.165) is 35.4 Å². The minimum absolute atomic E-state index is 0.0754. The Morgan fingerprint density at radius 1 is 1.40 bits per heavy atom. The van der Waals surface area contributed by atoms with Crippen LogP contribution in [-0.2, 0) is 4.74 Å². The number of aromatic nitrogens is 1. The maximum absolute atomic E-state index is 5.71. The average Bonchev–Trinajstić information content (AvgIpc) is 2.53. The molecule has 0 radical (unpaired) electrons. The number of rotatable bonds is 3. The van der Waals surface area contributed by atoms with Crippen molar-refractivity contribution in [2.24, 2.45) is 5.73 Å². The number of hydrogen-bond donors (Lipinski definition) is 1. The molecule has 3 rings (SSSR count). The highest BCUT2D eigenvalue weighted by Crippen LogP contribution is 2.31. The first kappa shape index (κ1) is 13.1. The number of morpholine rings is 1. The van der Waals surface area contributed by atoms with Crippen molar-refractivity contribution < 1.29 is 9.47 Å². The van der Waals surface area contributed by atoms with Crippen molar-refractivity contribution in [1.29, 1.82) is 0 Å². The van der Waals surface area contributed by atoms with Crippen molar-refractivity contribution in [3.8, 4) is 5.75 Å². The van der Waals surface area contributed by atoms with E-state index >= 15 is 0 Å². The summed E-state index contributed by atoms with van der Waals surface area (Å²) in [4.78, 5) is 6.79. The van der Waals surface area contributed by atoms with Crippen LogP contribution in [0.2, 0.25) is 0 Å². The molecule has 1 fully saturated rings. The highest BCUT2D eigenvalue weighted by Gasteiger charge is 2.22. The van der Waals surface area contributed by atoms with E-state index in [4.69, 9.17) is 15.2 Å². The summed E-state index contributed by atoms with van der Waals surface area (Å²) in [6, 6.07) is 8.02. The van der Waals surface area contributed by atoms with Crippen LogP contribution < -0.4 is 15.4 Å². The van der Waals surface area contributed by atoms with Gasteiger partial charge in [0.05, 0.1) is 19.8 Å². The Bertz CT molecular complexity index is 603. The molecule has 1 saturated heterocycles. The summed E-state index contributed by atoms with van der Waals surface area (Å²) in [5, 5.41) is 2.18. The minimum atomic E-state index is 0.0754. The fourth-order valence-corrected chi connectivity index (χ4v) is 2.65. The lowest BCUT2D eigenvalue weighted by Crippen LogP contribution is -2.46. The topological polar surface area (TPSA) is 60.6 Å². The van der Waals surface area contributed by atoms with Gasteiger partial charge in [0.2, 0.25) is 0 Å². The van der Waals surface area contributed by atoms with Crippen LogP contribution >= 0.6 is 0 Å². The van der Waals surface area contributed by atoms with E-state index in [1.54, 1.807) is 7.11 Å². The molecule has 5 heteroatoms. The lowest BCUT2D eigenvalue weighted by molar-refractivity contribution is 0.0464. The Kier molecular flexibility index (Phi) is 3.71. The van der Waals surface area contributed by atoms with Gasteiger partial charge in [-0.15, -0.1) is 0 Å². The molecule has 1 aromatic carbocycles. The minimum Gasteiger partial charge on any atom is -0.496 e. The summed E-state index contributed by atoms with van der Waals surface area (Å²) in [6.45, 7) is 2.83. The zero-order chi connectivity index (χ0) is 13.9. The number of ether oxygens (including phenoxy) is 2. The van der Waals surface area contributed by atoms with Crippen molar-refractivity contribution in [2.75, 3.05) is 38.3 Å². The molecule has 1 aliphatic heterocycles. The molecule has 1 aromatic heterocycles. The summed E-state index contributed by atoms with van der Waals surface area (Å²) < 4.78 is 11.0. The fourth-order valence-electron chi connectivity index (χ4n) is 2.65. The largest absolute Gasteiger partial charge is 0.496 e. The molecule has 106 valence electrons. The summed E-state index contributed by atoms with van der Waals surface area (Å²) >= 11 is 0. The standard InChI is InChI=1S/C15H19N3O2/c1-19-14-4-2-3-13-12(14)5-6-17-15(13)18-7-8-20-11(9-16)10-18/h2-6,11H,7-10,16H2,1H3. The first-order valence-electron chi connectivity index (χ1n) is 6.82. The summed E-state index contributed by atoms with van der Waals surface area (Å²) in [7, 11) is 1.69. The molecule has 20 heavy (non-hydrogen) atoms. The van der Waals surface area contributed by atoms with E-state index in [2.05, 4.69) is 16.0 Å². The lowest BCUT2D eigenvalue weighted by Gasteiger charge is -2.33. The van der Waals surface area contributed by atoms with Crippen LogP contribution in [0.3, 0.4) is 0 Å². The first-order valence-corrected chi connectivity index (χ1v) is 6.82. The van der Waals surface area contributed by atoms with Gasteiger partial charge in [0.15, 0.2) is 0 Å². The van der Waals surface area contributed by atoms with Gasteiger partial charge in [-0.1, -0.05) is 12.1 Å². The summed E-state index contributed by atoms with van der Waals surface area (Å²) in [5.41, 5.74) is 5.71. The maximum atomic E-state index is 5.71. The van der Waals surface area contributed by atoms with Crippen LogP contribution in [0, 0.1) is 0 Å². The molecule has 1 unspecified atom stereocenters. The molecule has 0 amide bonds. The van der Waals surface area contributed by atoms with Crippen molar-refractivity contribution in [3.05, 3.63) is 30.5 Å². The van der Waals surface area contributed by atoms with Crippen LogP contribution in [-0.4, -0.2) is 44.4 Å². The van der Waals surface area contributed by atoms with E-state index < -0.39 is 0 Å². The van der Waals surface area contributed by atoms with Gasteiger partial charge < -0.3 is 20.1 Å².